The third-order valence-electron chi connectivity index (χ3n) is 8.71. The van der Waals surface area contributed by atoms with Crippen molar-refractivity contribution in [3.63, 3.8) is 0 Å². The number of amides is 3. The van der Waals surface area contributed by atoms with E-state index >= 15 is 0 Å². The van der Waals surface area contributed by atoms with Gasteiger partial charge in [0.1, 0.15) is 29.4 Å². The van der Waals surface area contributed by atoms with Gasteiger partial charge in [-0.25, -0.2) is 9.78 Å². The second kappa shape index (κ2) is 12.4. The molecule has 10 heteroatoms. The number of rotatable bonds is 7. The molecule has 3 fully saturated rings. The van der Waals surface area contributed by atoms with Gasteiger partial charge in [0, 0.05) is 18.9 Å². The largest absolute Gasteiger partial charge is 0.458 e. The van der Waals surface area contributed by atoms with E-state index in [0.717, 1.165) is 51.4 Å². The first-order valence-corrected chi connectivity index (χ1v) is 15.2. The van der Waals surface area contributed by atoms with Gasteiger partial charge < -0.3 is 20.3 Å². The number of ether oxygens (including phenoxy) is 1. The van der Waals surface area contributed by atoms with E-state index in [2.05, 4.69) is 20.6 Å². The minimum atomic E-state index is -0.890. The van der Waals surface area contributed by atoms with Gasteiger partial charge in [0.05, 0.1) is 6.20 Å². The predicted molar refractivity (Wildman–Crippen MR) is 153 cm³/mol. The molecule has 3 aliphatic rings. The first-order valence-electron chi connectivity index (χ1n) is 15.2. The molecule has 3 amide bonds. The Morgan fingerprint density at radius 3 is 2.24 bits per heavy atom. The lowest BCUT2D eigenvalue weighted by Crippen LogP contribution is -2.61. The van der Waals surface area contributed by atoms with Crippen LogP contribution in [0.4, 0.5) is 0 Å². The molecule has 0 aromatic carbocycles. The number of esters is 1. The Balaban J connectivity index is 1.58. The molecule has 1 aromatic heterocycles. The van der Waals surface area contributed by atoms with Gasteiger partial charge in [-0.2, -0.15) is 0 Å². The number of carbonyl (C=O) groups excluding carboxylic acids is 4. The van der Waals surface area contributed by atoms with Crippen molar-refractivity contribution in [1.29, 1.82) is 0 Å². The van der Waals surface area contributed by atoms with Crippen LogP contribution in [-0.2, 0) is 19.1 Å². The molecule has 2 saturated carbocycles. The van der Waals surface area contributed by atoms with Crippen LogP contribution < -0.4 is 10.6 Å². The van der Waals surface area contributed by atoms with Crippen LogP contribution in [-0.4, -0.2) is 68.8 Å². The molecule has 226 valence electrons. The molecule has 3 unspecified atom stereocenters. The highest BCUT2D eigenvalue weighted by atomic mass is 16.6. The summed E-state index contributed by atoms with van der Waals surface area (Å²) in [6.45, 7) is 11.7. The van der Waals surface area contributed by atoms with Crippen molar-refractivity contribution in [2.75, 3.05) is 6.54 Å². The van der Waals surface area contributed by atoms with Gasteiger partial charge in [-0.05, 0) is 69.6 Å². The van der Waals surface area contributed by atoms with Gasteiger partial charge in [-0.1, -0.05) is 46.5 Å². The van der Waals surface area contributed by atoms with Crippen molar-refractivity contribution in [2.45, 2.75) is 117 Å². The van der Waals surface area contributed by atoms with Crippen LogP contribution in [0.5, 0.6) is 0 Å². The summed E-state index contributed by atoms with van der Waals surface area (Å²) in [6.07, 6.45) is 11.8. The number of carbonyl (C=O) groups is 4. The molecule has 0 spiro atoms. The van der Waals surface area contributed by atoms with Crippen molar-refractivity contribution in [1.82, 2.24) is 25.5 Å². The maximum Gasteiger partial charge on any atom is 0.329 e. The topological polar surface area (TPSA) is 131 Å². The van der Waals surface area contributed by atoms with E-state index < -0.39 is 41.0 Å². The lowest BCUT2D eigenvalue weighted by atomic mass is 9.82. The zero-order valence-electron chi connectivity index (χ0n) is 25.4. The summed E-state index contributed by atoms with van der Waals surface area (Å²) in [5.74, 6) is -1.27. The summed E-state index contributed by atoms with van der Waals surface area (Å²) < 4.78 is 5.78. The minimum absolute atomic E-state index is 0.0549. The van der Waals surface area contributed by atoms with Gasteiger partial charge >= 0.3 is 5.97 Å². The SMILES string of the molecule is CC(C)(C)OC(=O)C1C2CCCC2CN1C(=O)[C@@H](NC(=O)[C@@H](NC(=O)c1cnccn1)C1CCCCC1)C(C)(C)C. The molecule has 1 aromatic rings. The molecular formula is C31H47N5O5. The second-order valence-electron chi connectivity index (χ2n) is 14.1. The third-order valence-corrected chi connectivity index (χ3v) is 8.71. The smallest absolute Gasteiger partial charge is 0.329 e. The second-order valence-corrected chi connectivity index (χ2v) is 14.1. The summed E-state index contributed by atoms with van der Waals surface area (Å²) in [5, 5.41) is 5.93. The van der Waals surface area contributed by atoms with Crippen molar-refractivity contribution in [2.24, 2.45) is 23.2 Å². The molecular weight excluding hydrogens is 522 g/mol. The number of fused-ring (bicyclic) bond motifs is 1. The van der Waals surface area contributed by atoms with Crippen LogP contribution in [0.2, 0.25) is 0 Å². The van der Waals surface area contributed by atoms with E-state index in [1.54, 1.807) is 4.90 Å². The average Bonchev–Trinajstić information content (AvgIpc) is 3.50. The van der Waals surface area contributed by atoms with Crippen LogP contribution in [0, 0.1) is 23.2 Å². The van der Waals surface area contributed by atoms with E-state index in [4.69, 9.17) is 4.74 Å². The molecule has 2 N–H and O–H groups in total. The van der Waals surface area contributed by atoms with Crippen molar-refractivity contribution in [3.05, 3.63) is 24.3 Å². The van der Waals surface area contributed by atoms with Crippen LogP contribution in [0.3, 0.4) is 0 Å². The number of aromatic nitrogens is 2. The molecule has 0 bridgehead atoms. The van der Waals surface area contributed by atoms with Crippen LogP contribution in [0.15, 0.2) is 18.6 Å². The summed E-state index contributed by atoms with van der Waals surface area (Å²) in [4.78, 5) is 64.4. The van der Waals surface area contributed by atoms with Crippen LogP contribution >= 0.6 is 0 Å². The number of hydrogen-bond acceptors (Lipinski definition) is 7. The van der Waals surface area contributed by atoms with Gasteiger partial charge in [-0.3, -0.25) is 19.4 Å². The van der Waals surface area contributed by atoms with E-state index in [9.17, 15) is 19.2 Å². The number of hydrogen-bond donors (Lipinski definition) is 2. The van der Waals surface area contributed by atoms with E-state index in [1.165, 1.54) is 18.6 Å². The van der Waals surface area contributed by atoms with Crippen LogP contribution in [0.1, 0.15) is 103 Å². The highest BCUT2D eigenvalue weighted by molar-refractivity contribution is 5.98. The quantitative estimate of drug-likeness (QED) is 0.479. The maximum atomic E-state index is 14.3. The number of nitrogens with one attached hydrogen (secondary N) is 2. The predicted octanol–water partition coefficient (Wildman–Crippen LogP) is 3.66. The highest BCUT2D eigenvalue weighted by Gasteiger charge is 2.53. The Morgan fingerprint density at radius 2 is 1.63 bits per heavy atom. The van der Waals surface area contributed by atoms with E-state index in [1.807, 2.05) is 41.5 Å². The standard InChI is InChI=1S/C31H47N5O5/c1-30(2,3)25(28(39)36-18-20-13-10-14-21(20)24(36)29(40)41-31(4,5)6)35-27(38)23(19-11-8-7-9-12-19)34-26(37)22-17-32-15-16-33-22/h15-17,19-21,23-25H,7-14,18H2,1-6H3,(H,34,37)(H,35,38)/t20?,21?,23-,24?,25+/m0/s1. The molecule has 5 atom stereocenters. The van der Waals surface area contributed by atoms with E-state index in [-0.39, 0.29) is 35.3 Å². The third kappa shape index (κ3) is 7.43. The molecule has 2 aliphatic carbocycles. The van der Waals surface area contributed by atoms with Crippen molar-refractivity contribution >= 4 is 23.7 Å². The fourth-order valence-corrected chi connectivity index (χ4v) is 6.74. The Labute approximate surface area is 243 Å². The van der Waals surface area contributed by atoms with E-state index in [0.29, 0.717) is 6.54 Å². The fourth-order valence-electron chi connectivity index (χ4n) is 6.74. The van der Waals surface area contributed by atoms with Gasteiger partial charge in [0.15, 0.2) is 0 Å². The molecule has 41 heavy (non-hydrogen) atoms. The normalized spacial score (nSPS) is 24.7. The molecule has 4 rings (SSSR count). The highest BCUT2D eigenvalue weighted by Crippen LogP contribution is 2.43. The van der Waals surface area contributed by atoms with Crippen LogP contribution in [0.25, 0.3) is 0 Å². The van der Waals surface area contributed by atoms with Crippen molar-refractivity contribution in [3.8, 4) is 0 Å². The first kappa shape index (κ1) is 30.9. The lowest BCUT2D eigenvalue weighted by Gasteiger charge is -2.38. The summed E-state index contributed by atoms with van der Waals surface area (Å²) in [5.41, 5.74) is -1.18. The molecule has 1 aliphatic heterocycles. The zero-order valence-corrected chi connectivity index (χ0v) is 25.4. The molecule has 10 nitrogen and oxygen atoms in total. The first-order chi connectivity index (χ1) is 19.3. The van der Waals surface area contributed by atoms with Gasteiger partial charge in [0.25, 0.3) is 5.91 Å². The summed E-state index contributed by atoms with van der Waals surface area (Å²) in [7, 11) is 0. The minimum Gasteiger partial charge on any atom is -0.458 e. The number of nitrogens with zero attached hydrogens (tertiary/aromatic N) is 3. The Morgan fingerprint density at radius 1 is 0.927 bits per heavy atom. The Kier molecular flexibility index (Phi) is 9.39. The Hall–Kier alpha value is -3.04. The maximum absolute atomic E-state index is 14.3. The summed E-state index contributed by atoms with van der Waals surface area (Å²) in [6, 6.07) is -2.37. The monoisotopic (exact) mass is 569 g/mol. The molecule has 2 heterocycles. The van der Waals surface area contributed by atoms with Crippen molar-refractivity contribution < 1.29 is 23.9 Å². The zero-order chi connectivity index (χ0) is 29.9. The lowest BCUT2D eigenvalue weighted by molar-refractivity contribution is -0.165. The van der Waals surface area contributed by atoms with Gasteiger partial charge in [0.2, 0.25) is 11.8 Å². The number of likely N-dealkylation sites (tertiary alicyclic amines) is 1. The average molecular weight is 570 g/mol. The van der Waals surface area contributed by atoms with Gasteiger partial charge in [-0.15, -0.1) is 0 Å². The molecule has 1 saturated heterocycles. The fraction of sp³-hybridized carbons (Fsp3) is 0.742. The summed E-state index contributed by atoms with van der Waals surface area (Å²) >= 11 is 0. The molecule has 0 radical (unpaired) electrons. The Bertz CT molecular complexity index is 1110.